The van der Waals surface area contributed by atoms with E-state index in [-0.39, 0.29) is 17.3 Å². The summed E-state index contributed by atoms with van der Waals surface area (Å²) in [6, 6.07) is 7.82. The lowest BCUT2D eigenvalue weighted by Gasteiger charge is -2.15. The summed E-state index contributed by atoms with van der Waals surface area (Å²) in [4.78, 5) is 35.1. The number of aromatic nitrogens is 2. The summed E-state index contributed by atoms with van der Waals surface area (Å²) in [6.07, 6.45) is 0.129. The second kappa shape index (κ2) is 7.10. The Balaban J connectivity index is 2.18. The highest BCUT2D eigenvalue weighted by molar-refractivity contribution is 6.99. The SMILES string of the molecule is NC(=O)C(=O)C(Cc1ccccc1)NC(=O)c1nsnc1Cl. The van der Waals surface area contributed by atoms with Crippen LogP contribution in [0, 0.1) is 0 Å². The lowest BCUT2D eigenvalue weighted by Crippen LogP contribution is -2.47. The van der Waals surface area contributed by atoms with E-state index in [0.717, 1.165) is 17.3 Å². The van der Waals surface area contributed by atoms with Crippen LogP contribution in [0.2, 0.25) is 5.15 Å². The van der Waals surface area contributed by atoms with E-state index in [1.165, 1.54) is 0 Å². The minimum absolute atomic E-state index is 0.0625. The Kier molecular flexibility index (Phi) is 5.18. The van der Waals surface area contributed by atoms with Crippen LogP contribution in [0.25, 0.3) is 0 Å². The number of amides is 2. The molecule has 1 unspecified atom stereocenters. The third-order valence-electron chi connectivity index (χ3n) is 2.81. The van der Waals surface area contributed by atoms with Gasteiger partial charge in [0.2, 0.25) is 5.78 Å². The molecule has 0 spiro atoms. The van der Waals surface area contributed by atoms with Crippen LogP contribution in [-0.4, -0.2) is 32.4 Å². The summed E-state index contributed by atoms with van der Waals surface area (Å²) >= 11 is 6.49. The van der Waals surface area contributed by atoms with Crippen LogP contribution in [-0.2, 0) is 16.0 Å². The normalized spacial score (nSPS) is 11.7. The molecule has 3 N–H and O–H groups in total. The van der Waals surface area contributed by atoms with Crippen molar-refractivity contribution >= 4 is 40.9 Å². The predicted molar refractivity (Wildman–Crippen MR) is 80.5 cm³/mol. The molecule has 2 rings (SSSR count). The highest BCUT2D eigenvalue weighted by atomic mass is 35.5. The highest BCUT2D eigenvalue weighted by Gasteiger charge is 2.27. The van der Waals surface area contributed by atoms with Crippen LogP contribution >= 0.6 is 23.3 Å². The van der Waals surface area contributed by atoms with Gasteiger partial charge in [-0.2, -0.15) is 8.75 Å². The highest BCUT2D eigenvalue weighted by Crippen LogP contribution is 2.13. The van der Waals surface area contributed by atoms with Gasteiger partial charge in [-0.3, -0.25) is 14.4 Å². The molecule has 1 aromatic carbocycles. The molecule has 0 aliphatic rings. The molecule has 7 nitrogen and oxygen atoms in total. The van der Waals surface area contributed by atoms with Crippen LogP contribution in [0.3, 0.4) is 0 Å². The maximum atomic E-state index is 12.1. The summed E-state index contributed by atoms with van der Waals surface area (Å²) in [6.45, 7) is 0. The average Bonchev–Trinajstić information content (AvgIpc) is 2.93. The van der Waals surface area contributed by atoms with Crippen LogP contribution in [0.5, 0.6) is 0 Å². The second-order valence-corrected chi connectivity index (χ2v) is 5.23. The van der Waals surface area contributed by atoms with E-state index in [0.29, 0.717) is 0 Å². The molecule has 1 atom stereocenters. The Morgan fingerprint density at radius 2 is 1.91 bits per heavy atom. The molecule has 9 heteroatoms. The van der Waals surface area contributed by atoms with Crippen molar-refractivity contribution in [3.05, 3.63) is 46.7 Å². The molecular weight excluding hydrogens is 328 g/mol. The zero-order valence-electron chi connectivity index (χ0n) is 11.2. The number of nitrogens with zero attached hydrogens (tertiary/aromatic N) is 2. The standard InChI is InChI=1S/C13H11ClN4O3S/c14-11-9(17-22-18-11)13(21)16-8(10(19)12(15)20)6-7-4-2-1-3-5-7/h1-5,8H,6H2,(H2,15,20)(H,16,21). The van der Waals surface area contributed by atoms with Crippen molar-refractivity contribution in [2.45, 2.75) is 12.5 Å². The van der Waals surface area contributed by atoms with E-state index in [1.54, 1.807) is 24.3 Å². The molecule has 0 saturated carbocycles. The number of Topliss-reactive ketones (excluding diaryl/α,β-unsaturated/α-hetero) is 1. The molecule has 0 fully saturated rings. The summed E-state index contributed by atoms with van der Waals surface area (Å²) in [5, 5.41) is 2.36. The Bertz CT molecular complexity index is 704. The van der Waals surface area contributed by atoms with Gasteiger partial charge in [0.25, 0.3) is 11.8 Å². The van der Waals surface area contributed by atoms with Crippen LogP contribution in [0.1, 0.15) is 16.1 Å². The average molecular weight is 339 g/mol. The van der Waals surface area contributed by atoms with E-state index in [9.17, 15) is 14.4 Å². The number of nitrogens with one attached hydrogen (secondary N) is 1. The molecule has 1 heterocycles. The van der Waals surface area contributed by atoms with E-state index >= 15 is 0 Å². The van der Waals surface area contributed by atoms with Gasteiger partial charge in [0.05, 0.1) is 11.7 Å². The smallest absolute Gasteiger partial charge is 0.287 e. The molecule has 0 saturated heterocycles. The summed E-state index contributed by atoms with van der Waals surface area (Å²) < 4.78 is 7.41. The first kappa shape index (κ1) is 16.1. The van der Waals surface area contributed by atoms with Crippen molar-refractivity contribution in [3.63, 3.8) is 0 Å². The maximum Gasteiger partial charge on any atom is 0.287 e. The van der Waals surface area contributed by atoms with Crippen molar-refractivity contribution in [3.8, 4) is 0 Å². The van der Waals surface area contributed by atoms with Crippen LogP contribution < -0.4 is 11.1 Å². The molecule has 114 valence electrons. The van der Waals surface area contributed by atoms with Crippen LogP contribution in [0.4, 0.5) is 0 Å². The molecule has 0 bridgehead atoms. The zero-order valence-corrected chi connectivity index (χ0v) is 12.7. The fraction of sp³-hybridized carbons (Fsp3) is 0.154. The molecule has 2 amide bonds. The van der Waals surface area contributed by atoms with E-state index < -0.39 is 23.6 Å². The van der Waals surface area contributed by atoms with E-state index in [1.807, 2.05) is 6.07 Å². The predicted octanol–water partition coefficient (Wildman–Crippen LogP) is 0.587. The zero-order chi connectivity index (χ0) is 16.1. The lowest BCUT2D eigenvalue weighted by atomic mass is 10.0. The van der Waals surface area contributed by atoms with E-state index in [4.69, 9.17) is 17.3 Å². The summed E-state index contributed by atoms with van der Waals surface area (Å²) in [5.74, 6) is -2.70. The maximum absolute atomic E-state index is 12.1. The Morgan fingerprint density at radius 3 is 2.45 bits per heavy atom. The van der Waals surface area contributed by atoms with Gasteiger partial charge in [-0.1, -0.05) is 41.9 Å². The van der Waals surface area contributed by atoms with Gasteiger partial charge in [0.1, 0.15) is 6.04 Å². The lowest BCUT2D eigenvalue weighted by molar-refractivity contribution is -0.137. The van der Waals surface area contributed by atoms with Crippen molar-refractivity contribution in [1.82, 2.24) is 14.1 Å². The van der Waals surface area contributed by atoms with E-state index in [2.05, 4.69) is 14.1 Å². The third-order valence-corrected chi connectivity index (χ3v) is 3.70. The number of benzene rings is 1. The van der Waals surface area contributed by atoms with Gasteiger partial charge >= 0.3 is 0 Å². The first-order valence-corrected chi connectivity index (χ1v) is 7.26. The number of hydrogen-bond donors (Lipinski definition) is 2. The fourth-order valence-corrected chi connectivity index (χ4v) is 2.49. The molecule has 2 aromatic rings. The summed E-state index contributed by atoms with van der Waals surface area (Å²) in [5.41, 5.74) is 5.70. The quantitative estimate of drug-likeness (QED) is 0.748. The number of carbonyl (C=O) groups excluding carboxylic acids is 3. The second-order valence-electron chi connectivity index (χ2n) is 4.35. The number of hydrogen-bond acceptors (Lipinski definition) is 6. The first-order chi connectivity index (χ1) is 10.5. The monoisotopic (exact) mass is 338 g/mol. The first-order valence-electron chi connectivity index (χ1n) is 6.15. The number of primary amides is 1. The van der Waals surface area contributed by atoms with Gasteiger partial charge in [-0.05, 0) is 5.56 Å². The minimum Gasteiger partial charge on any atom is -0.363 e. The van der Waals surface area contributed by atoms with Crippen molar-refractivity contribution in [2.75, 3.05) is 0 Å². The van der Waals surface area contributed by atoms with Crippen molar-refractivity contribution < 1.29 is 14.4 Å². The summed E-state index contributed by atoms with van der Waals surface area (Å²) in [7, 11) is 0. The largest absolute Gasteiger partial charge is 0.363 e. The fourth-order valence-electron chi connectivity index (χ4n) is 1.77. The van der Waals surface area contributed by atoms with Gasteiger partial charge < -0.3 is 11.1 Å². The minimum atomic E-state index is -1.12. The molecule has 22 heavy (non-hydrogen) atoms. The molecule has 1 aromatic heterocycles. The number of carbonyl (C=O) groups is 3. The van der Waals surface area contributed by atoms with Gasteiger partial charge in [-0.15, -0.1) is 0 Å². The van der Waals surface area contributed by atoms with Gasteiger partial charge in [-0.25, -0.2) is 0 Å². The Morgan fingerprint density at radius 1 is 1.23 bits per heavy atom. The third kappa shape index (κ3) is 3.86. The Hall–Kier alpha value is -2.32. The van der Waals surface area contributed by atoms with Gasteiger partial charge in [0, 0.05) is 6.42 Å². The topological polar surface area (TPSA) is 115 Å². The number of ketones is 1. The van der Waals surface area contributed by atoms with Crippen molar-refractivity contribution in [2.24, 2.45) is 5.73 Å². The number of halogens is 1. The molecule has 0 radical (unpaired) electrons. The Labute approximate surface area is 134 Å². The number of rotatable bonds is 6. The molecule has 0 aliphatic heterocycles. The molecule has 0 aliphatic carbocycles. The van der Waals surface area contributed by atoms with Crippen molar-refractivity contribution in [1.29, 1.82) is 0 Å². The van der Waals surface area contributed by atoms with Crippen LogP contribution in [0.15, 0.2) is 30.3 Å². The molecular formula is C13H11ClN4O3S. The van der Waals surface area contributed by atoms with Gasteiger partial charge in [0.15, 0.2) is 10.8 Å². The number of nitrogens with two attached hydrogens (primary N) is 1.